The van der Waals surface area contributed by atoms with Crippen LogP contribution in [0.3, 0.4) is 0 Å². The standard InChI is InChI=1S/C7H9.C5H5.Ti.2H/c1-2-7-5-3-4-6-7;1-2-4-5-3-1;;;/h3,5H,2,4H2,1H3;1-3H,4H2;;;/q;;+2;2*-1. The third-order valence-corrected chi connectivity index (χ3v) is 4.86. The third kappa shape index (κ3) is 2.13. The predicted octanol–water partition coefficient (Wildman–Crippen LogP) is 3.76. The molecule has 0 saturated heterocycles. The van der Waals surface area contributed by atoms with E-state index < -0.39 is 0 Å². The van der Waals surface area contributed by atoms with Crippen molar-refractivity contribution in [1.82, 2.24) is 0 Å². The Morgan fingerprint density at radius 1 is 1.38 bits per heavy atom. The van der Waals surface area contributed by atoms with Crippen LogP contribution in [-0.4, -0.2) is 0 Å². The molecule has 0 heterocycles. The van der Waals surface area contributed by atoms with E-state index in [4.69, 9.17) is 0 Å². The number of hydrogen-bond acceptors (Lipinski definition) is 0. The second kappa shape index (κ2) is 4.26. The van der Waals surface area contributed by atoms with E-state index in [0.29, 0.717) is 0 Å². The number of rotatable bonds is 3. The largest absolute Gasteiger partial charge is 1.00 e. The summed E-state index contributed by atoms with van der Waals surface area (Å²) in [6.45, 7) is 2.26. The van der Waals surface area contributed by atoms with Crippen molar-refractivity contribution in [3.63, 3.8) is 0 Å². The molecule has 2 rings (SSSR count). The van der Waals surface area contributed by atoms with Gasteiger partial charge in [-0.3, -0.25) is 0 Å². The molecule has 2 aliphatic rings. The van der Waals surface area contributed by atoms with Crippen molar-refractivity contribution in [2.24, 2.45) is 0 Å². The molecular weight excluding hydrogens is 192 g/mol. The smallest absolute Gasteiger partial charge is 1.00 e. The molecule has 13 heavy (non-hydrogen) atoms. The fraction of sp³-hybridized carbons (Fsp3) is 0.333. The van der Waals surface area contributed by atoms with Crippen LogP contribution in [0.1, 0.15) is 29.0 Å². The average molecular weight is 208 g/mol. The van der Waals surface area contributed by atoms with E-state index in [0.717, 1.165) is 0 Å². The Hall–Kier alpha value is -0.326. The summed E-state index contributed by atoms with van der Waals surface area (Å²) >= 11 is 0.0491. The maximum Gasteiger partial charge on any atom is -1.00 e. The molecule has 0 N–H and O–H groups in total. The van der Waals surface area contributed by atoms with E-state index in [1.54, 1.807) is 13.3 Å². The molecule has 0 bridgehead atoms. The zero-order chi connectivity index (χ0) is 9.10. The second-order valence-electron chi connectivity index (χ2n) is 3.41. The van der Waals surface area contributed by atoms with Crippen LogP contribution >= 0.6 is 0 Å². The summed E-state index contributed by atoms with van der Waals surface area (Å²) in [5.74, 6) is 0. The molecule has 0 radical (unpaired) electrons. The maximum atomic E-state index is 2.32. The Morgan fingerprint density at radius 2 is 2.31 bits per heavy atom. The van der Waals surface area contributed by atoms with Gasteiger partial charge in [0.25, 0.3) is 0 Å². The topological polar surface area (TPSA) is 0 Å². The van der Waals surface area contributed by atoms with Gasteiger partial charge in [-0.25, -0.2) is 0 Å². The van der Waals surface area contributed by atoms with Gasteiger partial charge in [0, 0.05) is 0 Å². The van der Waals surface area contributed by atoms with Crippen molar-refractivity contribution in [2.75, 3.05) is 0 Å². The molecule has 68 valence electrons. The molecule has 0 aliphatic heterocycles. The summed E-state index contributed by atoms with van der Waals surface area (Å²) in [4.78, 5) is 0. The SMILES string of the molecule is CCC1=[C]([Ti+2][C]2=CC=CC2)CC=C1.[H-].[H-]. The first-order chi connectivity index (χ1) is 6.40. The van der Waals surface area contributed by atoms with Crippen LogP contribution in [-0.2, 0) is 19.2 Å². The van der Waals surface area contributed by atoms with Gasteiger partial charge in [0.05, 0.1) is 0 Å². The molecule has 0 atom stereocenters. The van der Waals surface area contributed by atoms with Crippen LogP contribution in [0.15, 0.2) is 43.7 Å². The summed E-state index contributed by atoms with van der Waals surface area (Å²) < 4.78 is 3.46. The van der Waals surface area contributed by atoms with Crippen molar-refractivity contribution >= 4 is 0 Å². The zero-order valence-electron chi connectivity index (χ0n) is 10.0. The summed E-state index contributed by atoms with van der Waals surface area (Å²) in [5.41, 5.74) is 1.62. The van der Waals surface area contributed by atoms with Gasteiger partial charge >= 0.3 is 89.0 Å². The fourth-order valence-electron chi connectivity index (χ4n) is 1.75. The Bertz CT molecular complexity index is 325. The molecule has 0 fully saturated rings. The van der Waals surface area contributed by atoms with Crippen LogP contribution < -0.4 is 0 Å². The van der Waals surface area contributed by atoms with E-state index in [9.17, 15) is 0 Å². The van der Waals surface area contributed by atoms with Gasteiger partial charge < -0.3 is 2.85 Å². The summed E-state index contributed by atoms with van der Waals surface area (Å²) in [5, 5.41) is 0. The Labute approximate surface area is 92.0 Å². The van der Waals surface area contributed by atoms with Crippen molar-refractivity contribution in [2.45, 2.75) is 26.2 Å². The van der Waals surface area contributed by atoms with E-state index in [-0.39, 0.29) is 22.0 Å². The van der Waals surface area contributed by atoms with Crippen molar-refractivity contribution in [3.8, 4) is 0 Å². The molecule has 0 nitrogen and oxygen atoms in total. The van der Waals surface area contributed by atoms with E-state index in [2.05, 4.69) is 37.3 Å². The van der Waals surface area contributed by atoms with Crippen LogP contribution in [0.25, 0.3) is 0 Å². The summed E-state index contributed by atoms with van der Waals surface area (Å²) in [7, 11) is 0. The molecule has 2 aliphatic carbocycles. The Balaban J connectivity index is 0.000000980. The molecule has 0 spiro atoms. The minimum absolute atomic E-state index is 0. The minimum atomic E-state index is 0. The van der Waals surface area contributed by atoms with Gasteiger partial charge in [-0.05, 0) is 0 Å². The van der Waals surface area contributed by atoms with E-state index in [1.807, 2.05) is 0 Å². The van der Waals surface area contributed by atoms with Gasteiger partial charge in [-0.2, -0.15) is 0 Å². The zero-order valence-corrected chi connectivity index (χ0v) is 9.57. The van der Waals surface area contributed by atoms with Gasteiger partial charge in [-0.15, -0.1) is 0 Å². The predicted molar refractivity (Wildman–Crippen MR) is 55.1 cm³/mol. The second-order valence-corrected chi connectivity index (χ2v) is 5.75. The molecule has 0 aromatic heterocycles. The molecule has 0 unspecified atom stereocenters. The Kier molecular flexibility index (Phi) is 3.03. The third-order valence-electron chi connectivity index (χ3n) is 2.49. The average Bonchev–Trinajstić information content (AvgIpc) is 2.76. The fourth-order valence-corrected chi connectivity index (χ4v) is 3.98. The Morgan fingerprint density at radius 3 is 3.00 bits per heavy atom. The van der Waals surface area contributed by atoms with E-state index >= 15 is 0 Å². The van der Waals surface area contributed by atoms with E-state index in [1.165, 1.54) is 19.3 Å². The number of hydrogen-bond donors (Lipinski definition) is 0. The first-order valence-corrected chi connectivity index (χ1v) is 6.47. The van der Waals surface area contributed by atoms with Gasteiger partial charge in [0.2, 0.25) is 0 Å². The van der Waals surface area contributed by atoms with Crippen molar-refractivity contribution in [1.29, 1.82) is 0 Å². The van der Waals surface area contributed by atoms with Crippen LogP contribution in [0, 0.1) is 0 Å². The van der Waals surface area contributed by atoms with Crippen LogP contribution in [0.5, 0.6) is 0 Å². The quantitative estimate of drug-likeness (QED) is 0.619. The van der Waals surface area contributed by atoms with Gasteiger partial charge in [-0.1, -0.05) is 0 Å². The minimum Gasteiger partial charge on any atom is -1.00 e. The first-order valence-electron chi connectivity index (χ1n) is 4.91. The van der Waals surface area contributed by atoms with Gasteiger partial charge in [0.15, 0.2) is 0 Å². The number of allylic oxidation sites excluding steroid dienone is 8. The molecular formula is C12H16Ti. The van der Waals surface area contributed by atoms with Crippen molar-refractivity contribution < 1.29 is 22.0 Å². The first kappa shape index (κ1) is 9.24. The van der Waals surface area contributed by atoms with Crippen molar-refractivity contribution in [3.05, 3.63) is 43.7 Å². The molecule has 0 amide bonds. The summed E-state index contributed by atoms with van der Waals surface area (Å²) in [6.07, 6.45) is 15.1. The molecule has 0 aromatic carbocycles. The molecule has 0 saturated carbocycles. The monoisotopic (exact) mass is 208 g/mol. The van der Waals surface area contributed by atoms with Crippen LogP contribution in [0.4, 0.5) is 0 Å². The van der Waals surface area contributed by atoms with Gasteiger partial charge in [0.1, 0.15) is 0 Å². The van der Waals surface area contributed by atoms with Crippen LogP contribution in [0.2, 0.25) is 0 Å². The summed E-state index contributed by atoms with van der Waals surface area (Å²) in [6, 6.07) is 0. The molecule has 0 aromatic rings. The molecule has 1 heteroatoms. The maximum absolute atomic E-state index is 2.32. The normalized spacial score (nSPS) is 19.6.